The van der Waals surface area contributed by atoms with E-state index in [2.05, 4.69) is 9.47 Å². The summed E-state index contributed by atoms with van der Waals surface area (Å²) in [6, 6.07) is 3.34. The zero-order chi connectivity index (χ0) is 16.0. The van der Waals surface area contributed by atoms with Crippen molar-refractivity contribution < 1.29 is 23.9 Å². The number of esters is 2. The molecule has 1 saturated carbocycles. The van der Waals surface area contributed by atoms with Gasteiger partial charge in [0, 0.05) is 12.3 Å². The number of nitrogens with zero attached hydrogens (tertiary/aromatic N) is 2. The summed E-state index contributed by atoms with van der Waals surface area (Å²) in [4.78, 5) is 36.1. The topological polar surface area (TPSA) is 117 Å². The Balaban J connectivity index is 3.45. The molecule has 0 radical (unpaired) electrons. The second kappa shape index (κ2) is 6.85. The number of methoxy groups -OCH3 is 2. The molecule has 0 heterocycles. The summed E-state index contributed by atoms with van der Waals surface area (Å²) in [7, 11) is 2.10. The van der Waals surface area contributed by atoms with Crippen LogP contribution >= 0.6 is 0 Å². The third-order valence-electron chi connectivity index (χ3n) is 3.83. The van der Waals surface area contributed by atoms with Crippen LogP contribution < -0.4 is 0 Å². The van der Waals surface area contributed by atoms with Crippen LogP contribution in [-0.2, 0) is 23.9 Å². The summed E-state index contributed by atoms with van der Waals surface area (Å²) in [5, 5.41) is 18.8. The maximum Gasteiger partial charge on any atom is 0.328 e. The zero-order valence-electron chi connectivity index (χ0n) is 11.9. The van der Waals surface area contributed by atoms with Crippen LogP contribution in [0.25, 0.3) is 0 Å². The van der Waals surface area contributed by atoms with Gasteiger partial charge in [0.1, 0.15) is 5.78 Å². The van der Waals surface area contributed by atoms with Crippen LogP contribution in [-0.4, -0.2) is 31.9 Å². The van der Waals surface area contributed by atoms with Crippen molar-refractivity contribution in [3.05, 3.63) is 0 Å². The molecule has 0 saturated heterocycles. The molecule has 0 aliphatic heterocycles. The van der Waals surface area contributed by atoms with Crippen LogP contribution in [0.1, 0.15) is 25.7 Å². The van der Waals surface area contributed by atoms with Crippen molar-refractivity contribution in [1.29, 1.82) is 10.5 Å². The molecule has 0 bridgehead atoms. The number of hydrogen-bond acceptors (Lipinski definition) is 7. The predicted molar refractivity (Wildman–Crippen MR) is 68.1 cm³/mol. The highest BCUT2D eigenvalue weighted by Crippen LogP contribution is 2.43. The van der Waals surface area contributed by atoms with E-state index in [1.165, 1.54) is 0 Å². The average molecular weight is 292 g/mol. The van der Waals surface area contributed by atoms with Crippen LogP contribution in [0.3, 0.4) is 0 Å². The Morgan fingerprint density at radius 3 is 2.38 bits per heavy atom. The first-order chi connectivity index (χ1) is 9.99. The van der Waals surface area contributed by atoms with Gasteiger partial charge in [-0.25, -0.2) is 0 Å². The molecule has 3 atom stereocenters. The fourth-order valence-electron chi connectivity index (χ4n) is 2.74. The Labute approximate surface area is 122 Å². The second-order valence-corrected chi connectivity index (χ2v) is 4.82. The molecule has 0 amide bonds. The van der Waals surface area contributed by atoms with Gasteiger partial charge in [0.2, 0.25) is 0 Å². The van der Waals surface area contributed by atoms with Gasteiger partial charge in [0.15, 0.2) is 11.3 Å². The summed E-state index contributed by atoms with van der Waals surface area (Å²) in [6.07, 6.45) is 1.77. The first-order valence-corrected chi connectivity index (χ1v) is 6.49. The fourth-order valence-corrected chi connectivity index (χ4v) is 2.74. The van der Waals surface area contributed by atoms with Crippen molar-refractivity contribution in [3.63, 3.8) is 0 Å². The molecule has 0 spiro atoms. The number of hydrogen-bond donors (Lipinski definition) is 0. The van der Waals surface area contributed by atoms with E-state index in [-0.39, 0.29) is 18.6 Å². The molecule has 0 N–H and O–H groups in total. The smallest absolute Gasteiger partial charge is 0.328 e. The highest BCUT2D eigenvalue weighted by Gasteiger charge is 2.59. The molecule has 112 valence electrons. The quantitative estimate of drug-likeness (QED) is 0.701. The third kappa shape index (κ3) is 2.73. The Morgan fingerprint density at radius 1 is 1.29 bits per heavy atom. The number of rotatable bonds is 4. The normalized spacial score (nSPS) is 22.1. The molecule has 1 aliphatic rings. The fraction of sp³-hybridized carbons (Fsp3) is 0.643. The van der Waals surface area contributed by atoms with E-state index in [1.807, 2.05) is 0 Å². The molecule has 0 aromatic carbocycles. The Hall–Kier alpha value is -2.41. The second-order valence-electron chi connectivity index (χ2n) is 4.82. The Kier molecular flexibility index (Phi) is 5.43. The van der Waals surface area contributed by atoms with E-state index in [4.69, 9.17) is 0 Å². The lowest BCUT2D eigenvalue weighted by atomic mass is 9.62. The van der Waals surface area contributed by atoms with Crippen LogP contribution in [0.15, 0.2) is 0 Å². The van der Waals surface area contributed by atoms with Crippen molar-refractivity contribution in [1.82, 2.24) is 0 Å². The minimum atomic E-state index is -2.16. The third-order valence-corrected chi connectivity index (χ3v) is 3.83. The monoisotopic (exact) mass is 292 g/mol. The molecule has 0 aromatic rings. The largest absolute Gasteiger partial charge is 0.468 e. The number of ether oxygens (including phenoxy) is 2. The SMILES string of the molecule is COC(=O)[C@H](C#N)[C@@](C#N)(C(=O)OC)[C@@H]1CCCCC1=O. The summed E-state index contributed by atoms with van der Waals surface area (Å²) < 4.78 is 9.11. The predicted octanol–water partition coefficient (Wildman–Crippen LogP) is 0.741. The number of carbonyl (C=O) groups is 3. The standard InChI is InChI=1S/C14H16N2O5/c1-20-12(18)10(7-15)14(8-16,13(19)21-2)9-5-3-4-6-11(9)17/h9-10H,3-6H2,1-2H3/t9-,10+,14+/m1/s1. The lowest BCUT2D eigenvalue weighted by Gasteiger charge is -2.35. The van der Waals surface area contributed by atoms with Crippen LogP contribution in [0, 0.1) is 39.9 Å². The van der Waals surface area contributed by atoms with Gasteiger partial charge in [0.05, 0.1) is 26.4 Å². The summed E-state index contributed by atoms with van der Waals surface area (Å²) in [5.41, 5.74) is -2.16. The van der Waals surface area contributed by atoms with E-state index < -0.39 is 29.2 Å². The number of nitriles is 2. The average Bonchev–Trinajstić information content (AvgIpc) is 2.52. The van der Waals surface area contributed by atoms with E-state index in [9.17, 15) is 24.9 Å². The van der Waals surface area contributed by atoms with Gasteiger partial charge in [-0.2, -0.15) is 10.5 Å². The van der Waals surface area contributed by atoms with Crippen molar-refractivity contribution in [2.24, 2.45) is 17.3 Å². The molecule has 7 heteroatoms. The Morgan fingerprint density at radius 2 is 1.95 bits per heavy atom. The van der Waals surface area contributed by atoms with Gasteiger partial charge in [-0.05, 0) is 12.8 Å². The molecule has 1 aliphatic carbocycles. The van der Waals surface area contributed by atoms with Gasteiger partial charge in [-0.1, -0.05) is 6.42 Å². The molecule has 0 unspecified atom stereocenters. The maximum absolute atomic E-state index is 12.2. The summed E-state index contributed by atoms with van der Waals surface area (Å²) in [5.74, 6) is -5.12. The van der Waals surface area contributed by atoms with Crippen molar-refractivity contribution >= 4 is 17.7 Å². The van der Waals surface area contributed by atoms with E-state index in [0.29, 0.717) is 12.8 Å². The minimum absolute atomic E-state index is 0.213. The van der Waals surface area contributed by atoms with Gasteiger partial charge in [-0.15, -0.1) is 0 Å². The van der Waals surface area contributed by atoms with E-state index in [0.717, 1.165) is 14.2 Å². The van der Waals surface area contributed by atoms with Crippen molar-refractivity contribution in [2.45, 2.75) is 25.7 Å². The van der Waals surface area contributed by atoms with Gasteiger partial charge in [-0.3, -0.25) is 14.4 Å². The highest BCUT2D eigenvalue weighted by atomic mass is 16.5. The molecule has 7 nitrogen and oxygen atoms in total. The molecular weight excluding hydrogens is 276 g/mol. The van der Waals surface area contributed by atoms with Crippen LogP contribution in [0.4, 0.5) is 0 Å². The minimum Gasteiger partial charge on any atom is -0.468 e. The van der Waals surface area contributed by atoms with Crippen molar-refractivity contribution in [2.75, 3.05) is 14.2 Å². The molecule has 1 rings (SSSR count). The van der Waals surface area contributed by atoms with Gasteiger partial charge >= 0.3 is 11.9 Å². The first kappa shape index (κ1) is 16.6. The summed E-state index contributed by atoms with van der Waals surface area (Å²) in [6.45, 7) is 0. The summed E-state index contributed by atoms with van der Waals surface area (Å²) >= 11 is 0. The highest BCUT2D eigenvalue weighted by molar-refractivity contribution is 5.96. The molecule has 21 heavy (non-hydrogen) atoms. The zero-order valence-corrected chi connectivity index (χ0v) is 11.9. The van der Waals surface area contributed by atoms with E-state index >= 15 is 0 Å². The van der Waals surface area contributed by atoms with Crippen molar-refractivity contribution in [3.8, 4) is 12.1 Å². The molecule has 0 aromatic heterocycles. The number of ketones is 1. The number of carbonyl (C=O) groups excluding carboxylic acids is 3. The van der Waals surface area contributed by atoms with Crippen LogP contribution in [0.2, 0.25) is 0 Å². The lowest BCUT2D eigenvalue weighted by molar-refractivity contribution is -0.165. The lowest BCUT2D eigenvalue weighted by Crippen LogP contribution is -2.51. The maximum atomic E-state index is 12.2. The Bertz CT molecular complexity index is 530. The molecule has 1 fully saturated rings. The van der Waals surface area contributed by atoms with Gasteiger partial charge < -0.3 is 9.47 Å². The first-order valence-electron chi connectivity index (χ1n) is 6.49. The molecular formula is C14H16N2O5. The van der Waals surface area contributed by atoms with Crippen LogP contribution in [0.5, 0.6) is 0 Å². The number of Topliss-reactive ketones (excluding diaryl/α,β-unsaturated/α-hetero) is 1. The van der Waals surface area contributed by atoms with Gasteiger partial charge in [0.25, 0.3) is 0 Å². The van der Waals surface area contributed by atoms with E-state index in [1.54, 1.807) is 12.1 Å².